The summed E-state index contributed by atoms with van der Waals surface area (Å²) in [5, 5.41) is 0. The molecule has 0 fully saturated rings. The van der Waals surface area contributed by atoms with Crippen molar-refractivity contribution in [1.82, 2.24) is 0 Å². The van der Waals surface area contributed by atoms with Gasteiger partial charge in [0.25, 0.3) is 0 Å². The topological polar surface area (TPSA) is 35.5 Å². The summed E-state index contributed by atoms with van der Waals surface area (Å²) in [6, 6.07) is 23.7. The van der Waals surface area contributed by atoms with Crippen LogP contribution in [0.25, 0.3) is 11.1 Å². The minimum absolute atomic E-state index is 0.0918. The minimum atomic E-state index is -0.343. The van der Waals surface area contributed by atoms with Crippen molar-refractivity contribution in [3.8, 4) is 16.9 Å². The molecule has 168 valence electrons. The highest BCUT2D eigenvalue weighted by Crippen LogP contribution is 2.24. The first kappa shape index (κ1) is 23.7. The lowest BCUT2D eigenvalue weighted by molar-refractivity contribution is 0.0630. The smallest absolute Gasteiger partial charge is 0.343 e. The lowest BCUT2D eigenvalue weighted by Gasteiger charge is -2.14. The van der Waals surface area contributed by atoms with Crippen LogP contribution in [-0.4, -0.2) is 12.6 Å². The van der Waals surface area contributed by atoms with Crippen molar-refractivity contribution in [3.63, 3.8) is 0 Å². The first-order valence-corrected chi connectivity index (χ1v) is 11.7. The molecule has 0 saturated heterocycles. The molecule has 0 amide bonds. The minimum Gasteiger partial charge on any atom is -0.423 e. The van der Waals surface area contributed by atoms with Crippen LogP contribution in [0.3, 0.4) is 0 Å². The van der Waals surface area contributed by atoms with Gasteiger partial charge in [-0.15, -0.1) is 0 Å². The number of hydrogen-bond acceptors (Lipinski definition) is 3. The maximum absolute atomic E-state index is 12.5. The summed E-state index contributed by atoms with van der Waals surface area (Å²) < 4.78 is 11.4. The number of rotatable bonds is 11. The van der Waals surface area contributed by atoms with E-state index < -0.39 is 0 Å². The van der Waals surface area contributed by atoms with E-state index in [0.29, 0.717) is 11.3 Å². The molecular formula is C29H34O3. The van der Waals surface area contributed by atoms with Gasteiger partial charge >= 0.3 is 5.97 Å². The number of hydrogen-bond donors (Lipinski definition) is 0. The van der Waals surface area contributed by atoms with E-state index in [0.717, 1.165) is 37.0 Å². The molecule has 3 aromatic rings. The number of aryl methyl sites for hydroxylation is 1. The highest BCUT2D eigenvalue weighted by atomic mass is 16.5. The van der Waals surface area contributed by atoms with Crippen LogP contribution in [0.5, 0.6) is 5.75 Å². The SMILES string of the molecule is CCCCCOC(C)c1ccc(-c2ccc(C(=O)Oc3ccc(CCC)cc3)cc2)cc1. The van der Waals surface area contributed by atoms with Crippen LogP contribution >= 0.6 is 0 Å². The van der Waals surface area contributed by atoms with Gasteiger partial charge in [-0.05, 0) is 66.3 Å². The van der Waals surface area contributed by atoms with Gasteiger partial charge in [0.2, 0.25) is 0 Å². The molecule has 1 unspecified atom stereocenters. The molecule has 0 spiro atoms. The number of carbonyl (C=O) groups is 1. The van der Waals surface area contributed by atoms with Gasteiger partial charge in [0.05, 0.1) is 11.7 Å². The van der Waals surface area contributed by atoms with E-state index in [1.54, 1.807) is 0 Å². The summed E-state index contributed by atoms with van der Waals surface area (Å²) in [5.74, 6) is 0.227. The number of unbranched alkanes of at least 4 members (excludes halogenated alkanes) is 2. The molecule has 0 bridgehead atoms. The molecule has 0 aromatic heterocycles. The zero-order chi connectivity index (χ0) is 22.8. The summed E-state index contributed by atoms with van der Waals surface area (Å²) in [4.78, 5) is 12.5. The van der Waals surface area contributed by atoms with Crippen LogP contribution < -0.4 is 4.74 Å². The van der Waals surface area contributed by atoms with Gasteiger partial charge in [-0.1, -0.05) is 81.6 Å². The van der Waals surface area contributed by atoms with Crippen LogP contribution in [0, 0.1) is 0 Å². The molecule has 1 atom stereocenters. The number of ether oxygens (including phenoxy) is 2. The molecule has 3 heteroatoms. The van der Waals surface area contributed by atoms with Gasteiger partial charge in [-0.25, -0.2) is 4.79 Å². The normalized spacial score (nSPS) is 11.8. The fourth-order valence-electron chi connectivity index (χ4n) is 3.63. The zero-order valence-corrected chi connectivity index (χ0v) is 19.5. The molecular weight excluding hydrogens is 396 g/mol. The van der Waals surface area contributed by atoms with Crippen LogP contribution in [0.4, 0.5) is 0 Å². The van der Waals surface area contributed by atoms with Crippen molar-refractivity contribution in [2.75, 3.05) is 6.61 Å². The zero-order valence-electron chi connectivity index (χ0n) is 19.5. The molecule has 0 aliphatic carbocycles. The largest absolute Gasteiger partial charge is 0.423 e. The Labute approximate surface area is 192 Å². The number of carbonyl (C=O) groups excluding carboxylic acids is 1. The fraction of sp³-hybridized carbons (Fsp3) is 0.345. The second-order valence-electron chi connectivity index (χ2n) is 8.20. The monoisotopic (exact) mass is 430 g/mol. The van der Waals surface area contributed by atoms with Crippen LogP contribution in [0.2, 0.25) is 0 Å². The summed E-state index contributed by atoms with van der Waals surface area (Å²) in [6.07, 6.45) is 5.74. The Morgan fingerprint density at radius 2 is 1.41 bits per heavy atom. The Hall–Kier alpha value is -2.91. The van der Waals surface area contributed by atoms with Gasteiger partial charge in [0.15, 0.2) is 0 Å². The van der Waals surface area contributed by atoms with E-state index in [1.807, 2.05) is 48.5 Å². The summed E-state index contributed by atoms with van der Waals surface area (Å²) >= 11 is 0. The van der Waals surface area contributed by atoms with Gasteiger partial charge in [-0.2, -0.15) is 0 Å². The van der Waals surface area contributed by atoms with Crippen molar-refractivity contribution in [1.29, 1.82) is 0 Å². The van der Waals surface area contributed by atoms with Gasteiger partial charge in [-0.3, -0.25) is 0 Å². The second kappa shape index (κ2) is 12.2. The molecule has 0 aliphatic rings. The Morgan fingerprint density at radius 1 is 0.781 bits per heavy atom. The van der Waals surface area contributed by atoms with Crippen LogP contribution in [0.15, 0.2) is 72.8 Å². The highest BCUT2D eigenvalue weighted by molar-refractivity contribution is 5.91. The maximum Gasteiger partial charge on any atom is 0.343 e. The summed E-state index contributed by atoms with van der Waals surface area (Å²) in [6.45, 7) is 7.25. The average Bonchev–Trinajstić information content (AvgIpc) is 2.83. The van der Waals surface area contributed by atoms with E-state index in [2.05, 4.69) is 45.0 Å². The third-order valence-electron chi connectivity index (χ3n) is 5.62. The first-order valence-electron chi connectivity index (χ1n) is 11.7. The molecule has 3 aromatic carbocycles. The Bertz CT molecular complexity index is 957. The molecule has 3 rings (SSSR count). The quantitative estimate of drug-likeness (QED) is 0.177. The molecule has 3 nitrogen and oxygen atoms in total. The number of esters is 1. The lowest BCUT2D eigenvalue weighted by atomic mass is 10.0. The molecule has 0 saturated carbocycles. The molecule has 0 heterocycles. The summed E-state index contributed by atoms with van der Waals surface area (Å²) in [5.41, 5.74) is 5.14. The van der Waals surface area contributed by atoms with Crippen molar-refractivity contribution >= 4 is 5.97 Å². The maximum atomic E-state index is 12.5. The lowest BCUT2D eigenvalue weighted by Crippen LogP contribution is -2.08. The van der Waals surface area contributed by atoms with E-state index in [1.165, 1.54) is 24.0 Å². The van der Waals surface area contributed by atoms with E-state index in [-0.39, 0.29) is 12.1 Å². The van der Waals surface area contributed by atoms with Crippen LogP contribution in [0.1, 0.15) is 74.0 Å². The third kappa shape index (κ3) is 6.80. The van der Waals surface area contributed by atoms with E-state index in [9.17, 15) is 4.79 Å². The van der Waals surface area contributed by atoms with Gasteiger partial charge < -0.3 is 9.47 Å². The van der Waals surface area contributed by atoms with Crippen molar-refractivity contribution in [2.45, 2.75) is 59.0 Å². The Balaban J connectivity index is 1.58. The Kier molecular flexibility index (Phi) is 9.06. The predicted molar refractivity (Wildman–Crippen MR) is 131 cm³/mol. The number of benzene rings is 3. The highest BCUT2D eigenvalue weighted by Gasteiger charge is 2.10. The van der Waals surface area contributed by atoms with Crippen molar-refractivity contribution < 1.29 is 14.3 Å². The second-order valence-corrected chi connectivity index (χ2v) is 8.20. The van der Waals surface area contributed by atoms with Crippen molar-refractivity contribution in [3.05, 3.63) is 89.5 Å². The summed E-state index contributed by atoms with van der Waals surface area (Å²) in [7, 11) is 0. The fourth-order valence-corrected chi connectivity index (χ4v) is 3.63. The van der Waals surface area contributed by atoms with E-state index in [4.69, 9.17) is 9.47 Å². The Morgan fingerprint density at radius 3 is 2.00 bits per heavy atom. The molecule has 0 radical (unpaired) electrons. The predicted octanol–water partition coefficient (Wildman–Crippen LogP) is 7.79. The van der Waals surface area contributed by atoms with Gasteiger partial charge in [0, 0.05) is 6.61 Å². The average molecular weight is 431 g/mol. The molecule has 0 aliphatic heterocycles. The van der Waals surface area contributed by atoms with Crippen molar-refractivity contribution in [2.24, 2.45) is 0 Å². The van der Waals surface area contributed by atoms with Crippen LogP contribution in [-0.2, 0) is 11.2 Å². The first-order chi connectivity index (χ1) is 15.6. The molecule has 32 heavy (non-hydrogen) atoms. The third-order valence-corrected chi connectivity index (χ3v) is 5.62. The van der Waals surface area contributed by atoms with Gasteiger partial charge in [0.1, 0.15) is 5.75 Å². The van der Waals surface area contributed by atoms with E-state index >= 15 is 0 Å². The molecule has 0 N–H and O–H groups in total. The standard InChI is InChI=1S/C29H34O3/c1-4-6-7-21-31-22(3)24-11-13-25(14-12-24)26-15-17-27(18-16-26)29(30)32-28-19-9-23(8-5-2)10-20-28/h9-20,22H,4-8,21H2,1-3H3.